The number of fused-ring (bicyclic) bond motifs is 1. The standard InChI is InChI=1S/C6H5N2/c1-3-7-6-2-4-8-5(1)6/h1-3,7-8H. The molecule has 0 unspecified atom stereocenters. The predicted octanol–water partition coefficient (Wildman–Crippen LogP) is 1.30. The van der Waals surface area contributed by atoms with Gasteiger partial charge in [0.2, 0.25) is 0 Å². The molecule has 8 heavy (non-hydrogen) atoms. The lowest BCUT2D eigenvalue weighted by Gasteiger charge is -1.67. The first-order valence-electron chi connectivity index (χ1n) is 2.49. The Hall–Kier alpha value is -1.18. The maximum absolute atomic E-state index is 3.04. The Bertz CT molecular complexity index is 228. The molecule has 0 saturated heterocycles. The summed E-state index contributed by atoms with van der Waals surface area (Å²) in [6.45, 7) is 0. The zero-order chi connectivity index (χ0) is 5.40. The van der Waals surface area contributed by atoms with E-state index in [-0.39, 0.29) is 0 Å². The number of H-pyrrole nitrogens is 2. The first-order chi connectivity index (χ1) is 3.97. The first kappa shape index (κ1) is 3.78. The fourth-order valence-corrected chi connectivity index (χ4v) is 0.797. The zero-order valence-electron chi connectivity index (χ0n) is 4.23. The van der Waals surface area contributed by atoms with Gasteiger partial charge < -0.3 is 9.97 Å². The highest BCUT2D eigenvalue weighted by molar-refractivity contribution is 5.74. The lowest BCUT2D eigenvalue weighted by Crippen LogP contribution is -1.52. The average Bonchev–Trinajstić information content (AvgIpc) is 2.15. The lowest BCUT2D eigenvalue weighted by atomic mass is 10.5. The summed E-state index contributed by atoms with van der Waals surface area (Å²) in [4.78, 5) is 5.98. The summed E-state index contributed by atoms with van der Waals surface area (Å²) < 4.78 is 0. The van der Waals surface area contributed by atoms with Crippen LogP contribution in [0.3, 0.4) is 0 Å². The Kier molecular flexibility index (Phi) is 0.545. The molecule has 2 rings (SSSR count). The molecule has 1 radical (unpaired) electrons. The van der Waals surface area contributed by atoms with Crippen LogP contribution in [0, 0.1) is 6.20 Å². The van der Waals surface area contributed by atoms with Crippen LogP contribution in [0.15, 0.2) is 18.3 Å². The molecule has 2 heterocycles. The first-order valence-corrected chi connectivity index (χ1v) is 2.49. The molecule has 0 bridgehead atoms. The van der Waals surface area contributed by atoms with E-state index in [0.717, 1.165) is 11.0 Å². The SMILES string of the molecule is [c]1cc2[nH]ccc2[nH]1. The van der Waals surface area contributed by atoms with Gasteiger partial charge in [0.15, 0.2) is 0 Å². The van der Waals surface area contributed by atoms with Crippen LogP contribution in [0.25, 0.3) is 11.0 Å². The molecule has 0 saturated carbocycles. The van der Waals surface area contributed by atoms with E-state index in [2.05, 4.69) is 16.2 Å². The van der Waals surface area contributed by atoms with E-state index in [1.165, 1.54) is 0 Å². The Labute approximate surface area is 46.5 Å². The molecule has 0 atom stereocenters. The second kappa shape index (κ2) is 1.15. The van der Waals surface area contributed by atoms with Gasteiger partial charge in [-0.15, -0.1) is 0 Å². The predicted molar refractivity (Wildman–Crippen MR) is 31.5 cm³/mol. The van der Waals surface area contributed by atoms with Crippen LogP contribution in [-0.2, 0) is 0 Å². The van der Waals surface area contributed by atoms with E-state index in [0.29, 0.717) is 0 Å². The number of rotatable bonds is 0. The van der Waals surface area contributed by atoms with E-state index in [1.807, 2.05) is 18.3 Å². The Morgan fingerprint density at radius 1 is 1.38 bits per heavy atom. The highest BCUT2D eigenvalue weighted by Gasteiger charge is 1.89. The monoisotopic (exact) mass is 105 g/mol. The summed E-state index contributed by atoms with van der Waals surface area (Å²) in [7, 11) is 0. The minimum atomic E-state index is 1.12. The van der Waals surface area contributed by atoms with Crippen LogP contribution in [0.5, 0.6) is 0 Å². The molecule has 0 aliphatic rings. The van der Waals surface area contributed by atoms with Crippen molar-refractivity contribution >= 4 is 11.0 Å². The van der Waals surface area contributed by atoms with Crippen molar-refractivity contribution in [1.29, 1.82) is 0 Å². The Morgan fingerprint density at radius 2 is 2.38 bits per heavy atom. The number of aromatic nitrogens is 2. The Balaban J connectivity index is 3.06. The molecule has 0 aromatic carbocycles. The number of aromatic amines is 2. The summed E-state index contributed by atoms with van der Waals surface area (Å²) >= 11 is 0. The van der Waals surface area contributed by atoms with Crippen LogP contribution < -0.4 is 0 Å². The van der Waals surface area contributed by atoms with Crippen LogP contribution in [0.2, 0.25) is 0 Å². The van der Waals surface area contributed by atoms with Crippen molar-refractivity contribution in [2.24, 2.45) is 0 Å². The highest BCUT2D eigenvalue weighted by Crippen LogP contribution is 2.06. The van der Waals surface area contributed by atoms with Crippen LogP contribution in [-0.4, -0.2) is 9.97 Å². The maximum Gasteiger partial charge on any atom is 0.0646 e. The second-order valence-electron chi connectivity index (χ2n) is 1.72. The van der Waals surface area contributed by atoms with Gasteiger partial charge in [-0.05, 0) is 12.1 Å². The number of hydrogen-bond donors (Lipinski definition) is 2. The Morgan fingerprint density at radius 3 is 3.25 bits per heavy atom. The third-order valence-corrected chi connectivity index (χ3v) is 1.20. The average molecular weight is 105 g/mol. The molecule has 0 aliphatic carbocycles. The van der Waals surface area contributed by atoms with Gasteiger partial charge in [-0.2, -0.15) is 0 Å². The summed E-state index contributed by atoms with van der Waals surface area (Å²) in [5.41, 5.74) is 2.23. The summed E-state index contributed by atoms with van der Waals surface area (Å²) in [6.07, 6.45) is 4.76. The smallest absolute Gasteiger partial charge is 0.0646 e. The molecule has 2 aromatic rings. The molecule has 0 aliphatic heterocycles. The third-order valence-electron chi connectivity index (χ3n) is 1.20. The van der Waals surface area contributed by atoms with E-state index >= 15 is 0 Å². The van der Waals surface area contributed by atoms with E-state index in [9.17, 15) is 0 Å². The molecule has 0 spiro atoms. The molecule has 2 aromatic heterocycles. The van der Waals surface area contributed by atoms with Gasteiger partial charge in [0, 0.05) is 6.20 Å². The lowest BCUT2D eigenvalue weighted by molar-refractivity contribution is 1.45. The second-order valence-corrected chi connectivity index (χ2v) is 1.72. The van der Waals surface area contributed by atoms with Crippen molar-refractivity contribution in [3.05, 3.63) is 24.5 Å². The van der Waals surface area contributed by atoms with Gasteiger partial charge in [-0.3, -0.25) is 0 Å². The van der Waals surface area contributed by atoms with Gasteiger partial charge in [-0.1, -0.05) is 0 Å². The molecule has 2 heteroatoms. The molecular weight excluding hydrogens is 100 g/mol. The third kappa shape index (κ3) is 0.320. The largest absolute Gasteiger partial charge is 0.360 e. The van der Waals surface area contributed by atoms with Crippen LogP contribution in [0.1, 0.15) is 0 Å². The molecule has 2 nitrogen and oxygen atoms in total. The fraction of sp³-hybridized carbons (Fsp3) is 0. The molecule has 2 N–H and O–H groups in total. The molecule has 0 fully saturated rings. The van der Waals surface area contributed by atoms with Crippen molar-refractivity contribution < 1.29 is 0 Å². The van der Waals surface area contributed by atoms with Crippen LogP contribution in [0.4, 0.5) is 0 Å². The molecule has 0 amide bonds. The number of nitrogens with one attached hydrogen (secondary N) is 2. The van der Waals surface area contributed by atoms with Crippen molar-refractivity contribution in [3.63, 3.8) is 0 Å². The molecular formula is C6H5N2. The minimum absolute atomic E-state index is 1.12. The topological polar surface area (TPSA) is 31.6 Å². The number of hydrogen-bond acceptors (Lipinski definition) is 0. The van der Waals surface area contributed by atoms with Gasteiger partial charge >= 0.3 is 0 Å². The fourth-order valence-electron chi connectivity index (χ4n) is 0.797. The van der Waals surface area contributed by atoms with Gasteiger partial charge in [0.05, 0.1) is 17.2 Å². The van der Waals surface area contributed by atoms with Crippen molar-refractivity contribution in [1.82, 2.24) is 9.97 Å². The van der Waals surface area contributed by atoms with E-state index in [1.54, 1.807) is 0 Å². The highest BCUT2D eigenvalue weighted by atomic mass is 14.8. The zero-order valence-corrected chi connectivity index (χ0v) is 4.23. The van der Waals surface area contributed by atoms with Crippen molar-refractivity contribution in [3.8, 4) is 0 Å². The summed E-state index contributed by atoms with van der Waals surface area (Å²) in [5, 5.41) is 0. The van der Waals surface area contributed by atoms with Crippen LogP contribution >= 0.6 is 0 Å². The maximum atomic E-state index is 3.04. The van der Waals surface area contributed by atoms with Gasteiger partial charge in [-0.25, -0.2) is 0 Å². The summed E-state index contributed by atoms with van der Waals surface area (Å²) in [6, 6.07) is 3.86. The van der Waals surface area contributed by atoms with E-state index in [4.69, 9.17) is 0 Å². The van der Waals surface area contributed by atoms with Gasteiger partial charge in [0.25, 0.3) is 0 Å². The normalized spacial score (nSPS) is 10.5. The minimum Gasteiger partial charge on any atom is -0.360 e. The summed E-state index contributed by atoms with van der Waals surface area (Å²) in [5.74, 6) is 0. The quantitative estimate of drug-likeness (QED) is 0.506. The van der Waals surface area contributed by atoms with Gasteiger partial charge in [0.1, 0.15) is 0 Å². The van der Waals surface area contributed by atoms with Crippen molar-refractivity contribution in [2.45, 2.75) is 0 Å². The van der Waals surface area contributed by atoms with Crippen molar-refractivity contribution in [2.75, 3.05) is 0 Å². The van der Waals surface area contributed by atoms with E-state index < -0.39 is 0 Å². The molecule has 39 valence electrons.